The van der Waals surface area contributed by atoms with Crippen molar-refractivity contribution in [3.8, 4) is 67.0 Å². The molecule has 7 aromatic carbocycles. The molecule has 1 aromatic heterocycles. The van der Waals surface area contributed by atoms with E-state index in [2.05, 4.69) is 158 Å². The lowest BCUT2D eigenvalue weighted by Crippen LogP contribution is -1.97. The Hall–Kier alpha value is -6.12. The van der Waals surface area contributed by atoms with Crippen molar-refractivity contribution in [3.63, 3.8) is 0 Å². The van der Waals surface area contributed by atoms with Gasteiger partial charge in [0.05, 0.1) is 22.4 Å². The Labute approximate surface area is 269 Å². The summed E-state index contributed by atoms with van der Waals surface area (Å²) in [6, 6.07) is 63.9. The van der Waals surface area contributed by atoms with Crippen LogP contribution >= 0.6 is 0 Å². The molecule has 0 aliphatic heterocycles. The lowest BCUT2D eigenvalue weighted by atomic mass is 9.91. The highest BCUT2D eigenvalue weighted by molar-refractivity contribution is 5.91. The average molecular weight is 587 g/mol. The van der Waals surface area contributed by atoms with Gasteiger partial charge in [-0.25, -0.2) is 9.97 Å². The smallest absolute Gasteiger partial charge is 0.0973 e. The molecule has 216 valence electrons. The highest BCUT2D eigenvalue weighted by Gasteiger charge is 2.18. The molecule has 0 aliphatic carbocycles. The van der Waals surface area contributed by atoms with E-state index in [4.69, 9.17) is 9.97 Å². The summed E-state index contributed by atoms with van der Waals surface area (Å²) in [6.45, 7) is 0. The van der Waals surface area contributed by atoms with Gasteiger partial charge in [0.2, 0.25) is 0 Å². The Morgan fingerprint density at radius 2 is 0.457 bits per heavy atom. The van der Waals surface area contributed by atoms with Crippen LogP contribution in [0.5, 0.6) is 0 Å². The third-order valence-electron chi connectivity index (χ3n) is 8.41. The maximum Gasteiger partial charge on any atom is 0.0973 e. The fourth-order valence-corrected chi connectivity index (χ4v) is 6.12. The highest BCUT2D eigenvalue weighted by Crippen LogP contribution is 2.39. The van der Waals surface area contributed by atoms with Gasteiger partial charge in [-0.2, -0.15) is 0 Å². The number of para-hydroxylation sites is 2. The summed E-state index contributed by atoms with van der Waals surface area (Å²) >= 11 is 0. The Morgan fingerprint density at radius 3 is 0.739 bits per heavy atom. The molecule has 0 unspecified atom stereocenters. The third-order valence-corrected chi connectivity index (χ3v) is 8.41. The largest absolute Gasteiger partial charge is 0.244 e. The second kappa shape index (κ2) is 12.1. The van der Waals surface area contributed by atoms with Gasteiger partial charge in [0.1, 0.15) is 0 Å². The summed E-state index contributed by atoms with van der Waals surface area (Å²) < 4.78 is 0. The molecule has 46 heavy (non-hydrogen) atoms. The van der Waals surface area contributed by atoms with Crippen LogP contribution in [-0.2, 0) is 0 Å². The maximum atomic E-state index is 5.33. The van der Waals surface area contributed by atoms with Gasteiger partial charge in [-0.15, -0.1) is 0 Å². The molecule has 2 nitrogen and oxygen atoms in total. The molecule has 0 spiro atoms. The Bertz CT molecular complexity index is 2000. The minimum Gasteiger partial charge on any atom is -0.244 e. The fraction of sp³-hybridized carbons (Fsp3) is 0. The van der Waals surface area contributed by atoms with Gasteiger partial charge >= 0.3 is 0 Å². The van der Waals surface area contributed by atoms with Crippen LogP contribution in [0.3, 0.4) is 0 Å². The van der Waals surface area contributed by atoms with E-state index in [1.165, 1.54) is 0 Å². The SMILES string of the molecule is c1ccc(-c2cc(-c3ccccc3)cc(-c3nc4ccccc4nc3-c3cc(-c4ccccc4)cc(-c4ccccc4)c3)c2)cc1. The molecule has 0 fully saturated rings. The molecule has 2 heteroatoms. The van der Waals surface area contributed by atoms with Gasteiger partial charge in [0.25, 0.3) is 0 Å². The summed E-state index contributed by atoms with van der Waals surface area (Å²) in [5.74, 6) is 0. The van der Waals surface area contributed by atoms with Gasteiger partial charge in [-0.05, 0) is 93.0 Å². The van der Waals surface area contributed by atoms with Crippen molar-refractivity contribution >= 4 is 11.0 Å². The predicted molar refractivity (Wildman–Crippen MR) is 192 cm³/mol. The molecule has 0 N–H and O–H groups in total. The molecule has 1 heterocycles. The van der Waals surface area contributed by atoms with E-state index in [1.807, 2.05) is 24.3 Å². The van der Waals surface area contributed by atoms with Crippen molar-refractivity contribution in [2.45, 2.75) is 0 Å². The Balaban J connectivity index is 1.41. The maximum absolute atomic E-state index is 5.33. The summed E-state index contributed by atoms with van der Waals surface area (Å²) in [5, 5.41) is 0. The van der Waals surface area contributed by atoms with Crippen LogP contribution in [0.25, 0.3) is 78.1 Å². The average Bonchev–Trinajstić information content (AvgIpc) is 3.15. The van der Waals surface area contributed by atoms with Crippen LogP contribution in [0.1, 0.15) is 0 Å². The van der Waals surface area contributed by atoms with E-state index in [0.717, 1.165) is 78.1 Å². The van der Waals surface area contributed by atoms with Crippen molar-refractivity contribution < 1.29 is 0 Å². The third kappa shape index (κ3) is 5.49. The molecular formula is C44H30N2. The van der Waals surface area contributed by atoms with Gasteiger partial charge < -0.3 is 0 Å². The summed E-state index contributed by atoms with van der Waals surface area (Å²) in [7, 11) is 0. The number of nitrogens with zero attached hydrogens (tertiary/aromatic N) is 2. The van der Waals surface area contributed by atoms with E-state index in [1.54, 1.807) is 0 Å². The van der Waals surface area contributed by atoms with Gasteiger partial charge in [0, 0.05) is 11.1 Å². The Kier molecular flexibility index (Phi) is 7.22. The number of benzene rings is 7. The zero-order valence-electron chi connectivity index (χ0n) is 25.2. The topological polar surface area (TPSA) is 25.8 Å². The molecule has 0 amide bonds. The van der Waals surface area contributed by atoms with Crippen molar-refractivity contribution in [2.75, 3.05) is 0 Å². The first-order chi connectivity index (χ1) is 22.8. The first kappa shape index (κ1) is 27.4. The van der Waals surface area contributed by atoms with E-state index < -0.39 is 0 Å². The first-order valence-corrected chi connectivity index (χ1v) is 15.6. The van der Waals surface area contributed by atoms with Crippen molar-refractivity contribution in [1.29, 1.82) is 0 Å². The van der Waals surface area contributed by atoms with Gasteiger partial charge in [-0.3, -0.25) is 0 Å². The lowest BCUT2D eigenvalue weighted by Gasteiger charge is -2.16. The number of hydrogen-bond donors (Lipinski definition) is 0. The highest BCUT2D eigenvalue weighted by atomic mass is 14.8. The molecule has 0 atom stereocenters. The lowest BCUT2D eigenvalue weighted by molar-refractivity contribution is 1.29. The molecule has 0 saturated carbocycles. The number of rotatable bonds is 6. The summed E-state index contributed by atoms with van der Waals surface area (Å²) in [6.07, 6.45) is 0. The number of aromatic nitrogens is 2. The second-order valence-electron chi connectivity index (χ2n) is 11.5. The fourth-order valence-electron chi connectivity index (χ4n) is 6.12. The summed E-state index contributed by atoms with van der Waals surface area (Å²) in [4.78, 5) is 10.7. The number of fused-ring (bicyclic) bond motifs is 1. The standard InChI is InChI=1S/C44H30N2/c1-5-15-31(16-6-1)35-25-36(32-17-7-2-8-18-32)28-39(27-35)43-44(46-42-24-14-13-23-41(42)45-43)40-29-37(33-19-9-3-10-20-33)26-38(30-40)34-21-11-4-12-22-34/h1-30H. The second-order valence-corrected chi connectivity index (χ2v) is 11.5. The molecule has 0 saturated heterocycles. The predicted octanol–water partition coefficient (Wildman–Crippen LogP) is 11.6. The van der Waals surface area contributed by atoms with Gasteiger partial charge in [0.15, 0.2) is 0 Å². The van der Waals surface area contributed by atoms with Crippen molar-refractivity contribution in [3.05, 3.63) is 182 Å². The molecule has 0 bridgehead atoms. The van der Waals surface area contributed by atoms with E-state index in [9.17, 15) is 0 Å². The quantitative estimate of drug-likeness (QED) is 0.194. The molecule has 8 aromatic rings. The molecule has 8 rings (SSSR count). The van der Waals surface area contributed by atoms with Crippen LogP contribution in [-0.4, -0.2) is 9.97 Å². The van der Waals surface area contributed by atoms with Crippen LogP contribution in [0.15, 0.2) is 182 Å². The zero-order valence-corrected chi connectivity index (χ0v) is 25.2. The first-order valence-electron chi connectivity index (χ1n) is 15.6. The molecule has 0 aliphatic rings. The van der Waals surface area contributed by atoms with Crippen LogP contribution in [0, 0.1) is 0 Å². The van der Waals surface area contributed by atoms with E-state index in [-0.39, 0.29) is 0 Å². The van der Waals surface area contributed by atoms with Crippen LogP contribution in [0.4, 0.5) is 0 Å². The van der Waals surface area contributed by atoms with Crippen molar-refractivity contribution in [2.24, 2.45) is 0 Å². The summed E-state index contributed by atoms with van der Waals surface area (Å²) in [5.41, 5.74) is 14.7. The number of hydrogen-bond acceptors (Lipinski definition) is 2. The molecular weight excluding hydrogens is 556 g/mol. The monoisotopic (exact) mass is 586 g/mol. The van der Waals surface area contributed by atoms with Crippen LogP contribution in [0.2, 0.25) is 0 Å². The van der Waals surface area contributed by atoms with E-state index >= 15 is 0 Å². The molecule has 0 radical (unpaired) electrons. The normalized spacial score (nSPS) is 11.0. The zero-order chi connectivity index (χ0) is 30.7. The minimum atomic E-state index is 0.859. The van der Waals surface area contributed by atoms with Gasteiger partial charge in [-0.1, -0.05) is 133 Å². The van der Waals surface area contributed by atoms with Crippen LogP contribution < -0.4 is 0 Å². The van der Waals surface area contributed by atoms with Crippen molar-refractivity contribution in [1.82, 2.24) is 9.97 Å². The van der Waals surface area contributed by atoms with E-state index in [0.29, 0.717) is 0 Å². The Morgan fingerprint density at radius 1 is 0.217 bits per heavy atom. The minimum absolute atomic E-state index is 0.859.